The lowest BCUT2D eigenvalue weighted by atomic mass is 9.50. The molecule has 8 atom stereocenters. The van der Waals surface area contributed by atoms with Crippen LogP contribution in [0.3, 0.4) is 0 Å². The van der Waals surface area contributed by atoms with Gasteiger partial charge in [-0.3, -0.25) is 0 Å². The van der Waals surface area contributed by atoms with Crippen LogP contribution in [0.5, 0.6) is 0 Å². The van der Waals surface area contributed by atoms with Gasteiger partial charge in [-0.2, -0.15) is 0 Å². The van der Waals surface area contributed by atoms with Crippen molar-refractivity contribution in [3.63, 3.8) is 0 Å². The SMILES string of the molecule is C[C@H](CO)[C@H]1CC[C@H]2[C@@H]3CC=C4C[C@@](C)(O)CC[C@@H]4C3CC[C@]12C. The van der Waals surface area contributed by atoms with Crippen molar-refractivity contribution in [2.45, 2.75) is 77.7 Å². The molecular formula is C22H36O2. The van der Waals surface area contributed by atoms with Gasteiger partial charge < -0.3 is 10.2 Å². The van der Waals surface area contributed by atoms with Crippen molar-refractivity contribution in [1.82, 2.24) is 0 Å². The van der Waals surface area contributed by atoms with Gasteiger partial charge >= 0.3 is 0 Å². The Morgan fingerprint density at radius 2 is 1.92 bits per heavy atom. The fourth-order valence-electron chi connectivity index (χ4n) is 7.57. The van der Waals surface area contributed by atoms with E-state index in [0.717, 1.165) is 36.5 Å². The Kier molecular flexibility index (Phi) is 4.16. The van der Waals surface area contributed by atoms with Crippen LogP contribution in [0, 0.1) is 40.9 Å². The zero-order valence-electron chi connectivity index (χ0n) is 15.8. The van der Waals surface area contributed by atoms with E-state index in [1.165, 1.54) is 38.5 Å². The Bertz CT molecular complexity index is 522. The first-order valence-corrected chi connectivity index (χ1v) is 10.4. The van der Waals surface area contributed by atoms with Crippen molar-refractivity contribution < 1.29 is 10.2 Å². The summed E-state index contributed by atoms with van der Waals surface area (Å²) in [6.07, 6.45) is 12.3. The molecule has 4 aliphatic carbocycles. The average molecular weight is 333 g/mol. The van der Waals surface area contributed by atoms with Crippen LogP contribution in [-0.4, -0.2) is 22.4 Å². The molecule has 4 rings (SSSR count). The van der Waals surface area contributed by atoms with Crippen LogP contribution in [0.15, 0.2) is 11.6 Å². The number of hydrogen-bond donors (Lipinski definition) is 2. The molecule has 24 heavy (non-hydrogen) atoms. The predicted octanol–water partition coefficient (Wildman–Crippen LogP) is 4.55. The summed E-state index contributed by atoms with van der Waals surface area (Å²) < 4.78 is 0. The molecule has 2 nitrogen and oxygen atoms in total. The molecule has 136 valence electrons. The second-order valence-corrected chi connectivity index (χ2v) is 10.2. The van der Waals surface area contributed by atoms with Gasteiger partial charge in [0, 0.05) is 6.61 Å². The summed E-state index contributed by atoms with van der Waals surface area (Å²) in [6, 6.07) is 0. The van der Waals surface area contributed by atoms with E-state index in [1.54, 1.807) is 5.57 Å². The highest BCUT2D eigenvalue weighted by Crippen LogP contribution is 2.64. The van der Waals surface area contributed by atoms with Crippen molar-refractivity contribution in [2.75, 3.05) is 6.61 Å². The Labute approximate surface area is 147 Å². The van der Waals surface area contributed by atoms with Crippen LogP contribution in [-0.2, 0) is 0 Å². The molecule has 4 aliphatic rings. The Morgan fingerprint density at radius 1 is 1.12 bits per heavy atom. The standard InChI is InChI=1S/C22H36O2/c1-14(13-23)19-6-7-20-18-5-4-15-12-21(2,24)10-8-16(15)17(18)9-11-22(19,20)3/h4,14,16-20,23-24H,5-13H2,1-3H3/t14-,16+,17?,18-,19-,20+,21+,22-/m1/s1. The van der Waals surface area contributed by atoms with E-state index >= 15 is 0 Å². The molecule has 0 saturated heterocycles. The monoisotopic (exact) mass is 332 g/mol. The number of fused-ring (bicyclic) bond motifs is 5. The molecule has 1 unspecified atom stereocenters. The normalized spacial score (nSPS) is 52.0. The van der Waals surface area contributed by atoms with E-state index in [1.807, 2.05) is 6.92 Å². The van der Waals surface area contributed by atoms with Gasteiger partial charge in [0.1, 0.15) is 0 Å². The second kappa shape index (κ2) is 5.84. The highest BCUT2D eigenvalue weighted by atomic mass is 16.3. The maximum Gasteiger partial charge on any atom is 0.0657 e. The third-order valence-electron chi connectivity index (χ3n) is 8.76. The van der Waals surface area contributed by atoms with Crippen molar-refractivity contribution in [2.24, 2.45) is 40.9 Å². The van der Waals surface area contributed by atoms with Gasteiger partial charge in [0.25, 0.3) is 0 Å². The molecule has 0 heterocycles. The molecule has 0 amide bonds. The molecule has 0 bridgehead atoms. The second-order valence-electron chi connectivity index (χ2n) is 10.2. The summed E-state index contributed by atoms with van der Waals surface area (Å²) in [7, 11) is 0. The minimum atomic E-state index is -0.465. The molecule has 0 aromatic rings. The zero-order chi connectivity index (χ0) is 17.1. The summed E-state index contributed by atoms with van der Waals surface area (Å²) in [4.78, 5) is 0. The van der Waals surface area contributed by atoms with Crippen LogP contribution in [0.1, 0.15) is 72.1 Å². The molecule has 2 heteroatoms. The van der Waals surface area contributed by atoms with Crippen molar-refractivity contribution in [3.8, 4) is 0 Å². The Balaban J connectivity index is 1.58. The summed E-state index contributed by atoms with van der Waals surface area (Å²) in [5.74, 6) is 4.50. The quantitative estimate of drug-likeness (QED) is 0.728. The average Bonchev–Trinajstić information content (AvgIpc) is 2.90. The lowest BCUT2D eigenvalue weighted by Gasteiger charge is -2.55. The van der Waals surface area contributed by atoms with Crippen LogP contribution in [0.4, 0.5) is 0 Å². The summed E-state index contributed by atoms with van der Waals surface area (Å²) in [6.45, 7) is 7.17. The highest BCUT2D eigenvalue weighted by molar-refractivity contribution is 5.21. The molecule has 0 aliphatic heterocycles. The van der Waals surface area contributed by atoms with Gasteiger partial charge in [0.2, 0.25) is 0 Å². The molecule has 3 saturated carbocycles. The van der Waals surface area contributed by atoms with E-state index in [-0.39, 0.29) is 0 Å². The number of allylic oxidation sites excluding steroid dienone is 1. The molecule has 0 aromatic carbocycles. The topological polar surface area (TPSA) is 40.5 Å². The third-order valence-corrected chi connectivity index (χ3v) is 8.76. The summed E-state index contributed by atoms with van der Waals surface area (Å²) >= 11 is 0. The van der Waals surface area contributed by atoms with Crippen LogP contribution < -0.4 is 0 Å². The first-order valence-electron chi connectivity index (χ1n) is 10.4. The molecule has 0 aromatic heterocycles. The number of rotatable bonds is 2. The molecule has 2 N–H and O–H groups in total. The number of aliphatic hydroxyl groups is 2. The summed E-state index contributed by atoms with van der Waals surface area (Å²) in [5.41, 5.74) is 1.57. The molecule has 3 fully saturated rings. The molecular weight excluding hydrogens is 296 g/mol. The smallest absolute Gasteiger partial charge is 0.0657 e. The van der Waals surface area contributed by atoms with Crippen LogP contribution >= 0.6 is 0 Å². The first kappa shape index (κ1) is 17.1. The molecule has 0 spiro atoms. The van der Waals surface area contributed by atoms with Crippen molar-refractivity contribution >= 4 is 0 Å². The highest BCUT2D eigenvalue weighted by Gasteiger charge is 2.56. The third kappa shape index (κ3) is 2.51. The number of aliphatic hydroxyl groups excluding tert-OH is 1. The minimum absolute atomic E-state index is 0.350. The van der Waals surface area contributed by atoms with Gasteiger partial charge in [-0.25, -0.2) is 0 Å². The van der Waals surface area contributed by atoms with E-state index in [4.69, 9.17) is 0 Å². The van der Waals surface area contributed by atoms with Gasteiger partial charge in [0.15, 0.2) is 0 Å². The van der Waals surface area contributed by atoms with Crippen molar-refractivity contribution in [1.29, 1.82) is 0 Å². The van der Waals surface area contributed by atoms with E-state index in [2.05, 4.69) is 19.9 Å². The summed E-state index contributed by atoms with van der Waals surface area (Å²) in [5, 5.41) is 20.2. The fourth-order valence-corrected chi connectivity index (χ4v) is 7.57. The van der Waals surface area contributed by atoms with Gasteiger partial charge in [-0.1, -0.05) is 25.5 Å². The minimum Gasteiger partial charge on any atom is -0.396 e. The zero-order valence-corrected chi connectivity index (χ0v) is 15.8. The maximum absolute atomic E-state index is 10.5. The van der Waals surface area contributed by atoms with Gasteiger partial charge in [-0.05, 0) is 99.2 Å². The molecule has 0 radical (unpaired) electrons. The van der Waals surface area contributed by atoms with Gasteiger partial charge in [-0.15, -0.1) is 0 Å². The van der Waals surface area contributed by atoms with Gasteiger partial charge in [0.05, 0.1) is 5.60 Å². The lowest BCUT2D eigenvalue weighted by Crippen LogP contribution is -2.48. The Hall–Kier alpha value is -0.340. The fraction of sp³-hybridized carbons (Fsp3) is 0.909. The lowest BCUT2D eigenvalue weighted by molar-refractivity contribution is -0.0436. The van der Waals surface area contributed by atoms with Crippen LogP contribution in [0.2, 0.25) is 0 Å². The van der Waals surface area contributed by atoms with Crippen molar-refractivity contribution in [3.05, 3.63) is 11.6 Å². The van der Waals surface area contributed by atoms with E-state index < -0.39 is 5.60 Å². The largest absolute Gasteiger partial charge is 0.396 e. The number of hydrogen-bond acceptors (Lipinski definition) is 2. The first-order chi connectivity index (χ1) is 11.4. The van der Waals surface area contributed by atoms with Crippen LogP contribution in [0.25, 0.3) is 0 Å². The predicted molar refractivity (Wildman–Crippen MR) is 97.4 cm³/mol. The maximum atomic E-state index is 10.5. The Morgan fingerprint density at radius 3 is 2.67 bits per heavy atom. The van der Waals surface area contributed by atoms with E-state index in [0.29, 0.717) is 23.9 Å². The van der Waals surface area contributed by atoms with E-state index in [9.17, 15) is 10.2 Å².